The molecule has 2 saturated heterocycles. The van der Waals surface area contributed by atoms with Crippen molar-refractivity contribution in [1.29, 1.82) is 5.26 Å². The number of carbonyl (C=O) groups is 1. The van der Waals surface area contributed by atoms with Crippen molar-refractivity contribution in [2.45, 2.75) is 58.3 Å². The second-order valence-electron chi connectivity index (χ2n) is 13.7. The van der Waals surface area contributed by atoms with E-state index in [9.17, 15) is 19.6 Å². The van der Waals surface area contributed by atoms with Crippen molar-refractivity contribution in [3.63, 3.8) is 0 Å². The van der Waals surface area contributed by atoms with Crippen LogP contribution < -0.4 is 14.5 Å². The fraction of sp³-hybridized carbons (Fsp3) is 0.486. The molecule has 0 spiro atoms. The Morgan fingerprint density at radius 2 is 1.91 bits per heavy atom. The van der Waals surface area contributed by atoms with Crippen LogP contribution in [0.5, 0.6) is 6.01 Å². The van der Waals surface area contributed by atoms with Gasteiger partial charge in [-0.3, -0.25) is 9.69 Å². The van der Waals surface area contributed by atoms with Crippen molar-refractivity contribution >= 4 is 28.2 Å². The van der Waals surface area contributed by atoms with E-state index in [1.807, 2.05) is 11.0 Å². The third-order valence-electron chi connectivity index (χ3n) is 9.63. The lowest BCUT2D eigenvalue weighted by molar-refractivity contribution is -0.158. The topological polar surface area (TPSA) is 109 Å². The van der Waals surface area contributed by atoms with Crippen LogP contribution in [-0.4, -0.2) is 88.9 Å². The molecular formula is C35H42FN7O3. The summed E-state index contributed by atoms with van der Waals surface area (Å²) in [7, 11) is 2.11. The van der Waals surface area contributed by atoms with Crippen LogP contribution in [0.3, 0.4) is 0 Å². The molecular weight excluding hydrogens is 585 g/mol. The molecule has 0 bridgehead atoms. The number of amides is 1. The summed E-state index contributed by atoms with van der Waals surface area (Å²) in [6, 6.07) is 15.1. The summed E-state index contributed by atoms with van der Waals surface area (Å²) in [5, 5.41) is 23.5. The van der Waals surface area contributed by atoms with Gasteiger partial charge in [0.1, 0.15) is 12.4 Å². The van der Waals surface area contributed by atoms with Crippen molar-refractivity contribution in [2.75, 3.05) is 56.2 Å². The summed E-state index contributed by atoms with van der Waals surface area (Å²) in [5.41, 5.74) is 2.38. The number of likely N-dealkylation sites (tertiary alicyclic amines) is 1. The Kier molecular flexibility index (Phi) is 8.38. The number of nitrogens with zero attached hydrogens (tertiary/aromatic N) is 7. The molecule has 0 unspecified atom stereocenters. The zero-order valence-electron chi connectivity index (χ0n) is 27.1. The Morgan fingerprint density at radius 1 is 1.15 bits per heavy atom. The van der Waals surface area contributed by atoms with Crippen LogP contribution in [0.2, 0.25) is 0 Å². The van der Waals surface area contributed by atoms with Gasteiger partial charge in [-0.25, -0.2) is 4.39 Å². The number of β-amino-alcohol motifs (C(OH)–C–C–N with tert-alkyl or cyclic N) is 1. The van der Waals surface area contributed by atoms with Crippen molar-refractivity contribution in [1.82, 2.24) is 19.8 Å². The summed E-state index contributed by atoms with van der Waals surface area (Å²) in [5.74, 6) is -1.59. The van der Waals surface area contributed by atoms with Gasteiger partial charge in [-0.15, -0.1) is 0 Å². The number of hydrogen-bond donors (Lipinski definition) is 1. The second kappa shape index (κ2) is 12.2. The molecule has 6 rings (SSSR count). The van der Waals surface area contributed by atoms with Gasteiger partial charge < -0.3 is 24.5 Å². The van der Waals surface area contributed by atoms with Crippen LogP contribution in [0.15, 0.2) is 48.8 Å². The molecule has 46 heavy (non-hydrogen) atoms. The Bertz CT molecular complexity index is 1720. The van der Waals surface area contributed by atoms with Gasteiger partial charge in [0, 0.05) is 48.9 Å². The minimum absolute atomic E-state index is 0.00171. The molecule has 0 aliphatic carbocycles. The summed E-state index contributed by atoms with van der Waals surface area (Å²) < 4.78 is 20.2. The van der Waals surface area contributed by atoms with E-state index in [0.717, 1.165) is 41.4 Å². The van der Waals surface area contributed by atoms with Crippen LogP contribution >= 0.6 is 0 Å². The minimum atomic E-state index is -1.92. The maximum absolute atomic E-state index is 13.9. The fourth-order valence-electron chi connectivity index (χ4n) is 7.50. The number of aromatic nitrogens is 2. The lowest BCUT2D eigenvalue weighted by atomic mass is 9.91. The van der Waals surface area contributed by atoms with Crippen molar-refractivity contribution < 1.29 is 19.0 Å². The maximum atomic E-state index is 13.9. The number of aryl methyl sites for hydroxylation is 1. The standard InChI is InChI=1S/C35H42FN7O3/c1-23-8-6-9-25-10-7-11-29(30(23)25)41-15-12-27-28(19-41)38-33(46-20-26-18-34(3,4)21-40(26)5)39-31(27)42-16-17-43(32(44)24(2)36)35(45,22-42)13-14-37/h6-11,26,45H,2,12-13,15-22H2,1,3-5H3/t26-,35-/m0/s1. The molecule has 3 aliphatic rings. The zero-order valence-corrected chi connectivity index (χ0v) is 27.1. The number of halogens is 1. The zero-order chi connectivity index (χ0) is 32.8. The van der Waals surface area contributed by atoms with Crippen molar-refractivity contribution in [3.05, 3.63) is 65.6 Å². The third-order valence-corrected chi connectivity index (χ3v) is 9.63. The molecule has 1 aromatic heterocycles. The number of aliphatic hydroxyl groups is 1. The molecule has 0 radical (unpaired) electrons. The molecule has 1 N–H and O–H groups in total. The maximum Gasteiger partial charge on any atom is 0.318 e. The monoisotopic (exact) mass is 627 g/mol. The fourth-order valence-corrected chi connectivity index (χ4v) is 7.50. The SMILES string of the molecule is C=C(F)C(=O)N1CCN(c2nc(OC[C@@H]3CC(C)(C)CN3C)nc3c2CCN(c2cccc4cccc(C)c24)C3)C[C@@]1(O)CC#N. The number of nitriles is 1. The quantitative estimate of drug-likeness (QED) is 0.383. The van der Waals surface area contributed by atoms with Crippen LogP contribution in [0.4, 0.5) is 15.9 Å². The third kappa shape index (κ3) is 5.99. The van der Waals surface area contributed by atoms with Gasteiger partial charge in [0.05, 0.1) is 31.3 Å². The molecule has 2 aromatic carbocycles. The van der Waals surface area contributed by atoms with E-state index in [1.54, 1.807) is 0 Å². The lowest BCUT2D eigenvalue weighted by Crippen LogP contribution is -2.64. The van der Waals surface area contributed by atoms with Gasteiger partial charge in [-0.1, -0.05) is 50.8 Å². The molecule has 3 aromatic rings. The first-order valence-corrected chi connectivity index (χ1v) is 15.9. The van der Waals surface area contributed by atoms with Gasteiger partial charge in [0.15, 0.2) is 11.6 Å². The highest BCUT2D eigenvalue weighted by Gasteiger charge is 2.45. The number of likely N-dealkylation sites (N-methyl/N-ethyl adjacent to an activating group) is 1. The second-order valence-corrected chi connectivity index (χ2v) is 13.7. The van der Waals surface area contributed by atoms with E-state index in [0.29, 0.717) is 25.4 Å². The van der Waals surface area contributed by atoms with E-state index in [4.69, 9.17) is 14.7 Å². The van der Waals surface area contributed by atoms with E-state index < -0.39 is 23.9 Å². The smallest absolute Gasteiger partial charge is 0.318 e. The average molecular weight is 628 g/mol. The Hall–Kier alpha value is -4.27. The van der Waals surface area contributed by atoms with E-state index >= 15 is 0 Å². The Labute approximate surface area is 269 Å². The molecule has 4 heterocycles. The molecule has 0 saturated carbocycles. The summed E-state index contributed by atoms with van der Waals surface area (Å²) in [6.45, 7) is 12.6. The molecule has 2 fully saturated rings. The normalized spacial score (nSPS) is 22.9. The lowest BCUT2D eigenvalue weighted by Gasteiger charge is -2.47. The molecule has 10 nitrogen and oxygen atoms in total. The Balaban J connectivity index is 1.36. The van der Waals surface area contributed by atoms with Crippen LogP contribution in [-0.2, 0) is 17.8 Å². The summed E-state index contributed by atoms with van der Waals surface area (Å²) in [4.78, 5) is 30.0. The van der Waals surface area contributed by atoms with Gasteiger partial charge in [-0.2, -0.15) is 15.2 Å². The van der Waals surface area contributed by atoms with Crippen LogP contribution in [0.25, 0.3) is 10.8 Å². The number of rotatable bonds is 7. The van der Waals surface area contributed by atoms with Crippen molar-refractivity contribution in [3.8, 4) is 12.1 Å². The van der Waals surface area contributed by atoms with E-state index in [1.165, 1.54) is 16.3 Å². The largest absolute Gasteiger partial charge is 0.462 e. The first-order valence-electron chi connectivity index (χ1n) is 15.9. The highest BCUT2D eigenvalue weighted by molar-refractivity contribution is 5.97. The van der Waals surface area contributed by atoms with Crippen LogP contribution in [0, 0.1) is 23.7 Å². The molecule has 11 heteroatoms. The number of benzene rings is 2. The summed E-state index contributed by atoms with van der Waals surface area (Å²) in [6.07, 6.45) is 1.24. The molecule has 1 amide bonds. The highest BCUT2D eigenvalue weighted by Crippen LogP contribution is 2.38. The number of fused-ring (bicyclic) bond motifs is 2. The average Bonchev–Trinajstić information content (AvgIpc) is 3.29. The van der Waals surface area contributed by atoms with E-state index in [-0.39, 0.29) is 37.1 Å². The highest BCUT2D eigenvalue weighted by atomic mass is 19.1. The number of hydrogen-bond acceptors (Lipinski definition) is 9. The van der Waals surface area contributed by atoms with Crippen molar-refractivity contribution in [2.24, 2.45) is 5.41 Å². The van der Waals surface area contributed by atoms with Gasteiger partial charge in [0.2, 0.25) is 0 Å². The van der Waals surface area contributed by atoms with Crippen LogP contribution in [0.1, 0.15) is 43.5 Å². The summed E-state index contributed by atoms with van der Waals surface area (Å²) >= 11 is 0. The predicted molar refractivity (Wildman–Crippen MR) is 175 cm³/mol. The molecule has 242 valence electrons. The van der Waals surface area contributed by atoms with Gasteiger partial charge in [-0.05, 0) is 49.2 Å². The number of carbonyl (C=O) groups excluding carboxylic acids is 1. The molecule has 2 atom stereocenters. The number of anilines is 2. The minimum Gasteiger partial charge on any atom is -0.462 e. The number of piperazine rings is 1. The first-order chi connectivity index (χ1) is 21.9. The predicted octanol–water partition coefficient (Wildman–Crippen LogP) is 4.34. The number of ether oxygens (including phenoxy) is 1. The van der Waals surface area contributed by atoms with Gasteiger partial charge >= 0.3 is 6.01 Å². The molecule has 3 aliphatic heterocycles. The first kappa shape index (κ1) is 31.7. The van der Waals surface area contributed by atoms with E-state index in [2.05, 4.69) is 80.6 Å². The van der Waals surface area contributed by atoms with Gasteiger partial charge in [0.25, 0.3) is 5.91 Å². The Morgan fingerprint density at radius 3 is 2.61 bits per heavy atom.